The molecule has 2 aromatic rings. The van der Waals surface area contributed by atoms with E-state index in [1.54, 1.807) is 43.3 Å². The van der Waals surface area contributed by atoms with Crippen molar-refractivity contribution in [3.63, 3.8) is 0 Å². The second kappa shape index (κ2) is 11.9. The fraction of sp³-hybridized carbons (Fsp3) is 0.417. The van der Waals surface area contributed by atoms with Crippen molar-refractivity contribution in [2.24, 2.45) is 5.92 Å². The Bertz CT molecular complexity index is 1120. The van der Waals surface area contributed by atoms with Crippen LogP contribution in [-0.2, 0) is 26.2 Å². The van der Waals surface area contributed by atoms with Crippen molar-refractivity contribution in [2.75, 3.05) is 23.7 Å². The van der Waals surface area contributed by atoms with Gasteiger partial charge >= 0.3 is 0 Å². The van der Waals surface area contributed by atoms with Crippen molar-refractivity contribution >= 4 is 50.7 Å². The van der Waals surface area contributed by atoms with Crippen LogP contribution >= 0.6 is 23.2 Å². The number of carbonyl (C=O) groups is 2. The molecular formula is C24H31Cl2N3O4S. The van der Waals surface area contributed by atoms with Crippen LogP contribution in [0, 0.1) is 12.8 Å². The first kappa shape index (κ1) is 28.0. The van der Waals surface area contributed by atoms with Gasteiger partial charge in [-0.1, -0.05) is 55.2 Å². The van der Waals surface area contributed by atoms with Crippen LogP contribution in [0.2, 0.25) is 10.0 Å². The molecule has 0 aliphatic heterocycles. The van der Waals surface area contributed by atoms with Gasteiger partial charge in [0.25, 0.3) is 0 Å². The van der Waals surface area contributed by atoms with Crippen molar-refractivity contribution in [3.05, 3.63) is 63.6 Å². The van der Waals surface area contributed by atoms with Gasteiger partial charge in [0.1, 0.15) is 12.6 Å². The zero-order valence-corrected chi connectivity index (χ0v) is 22.3. The molecule has 1 atom stereocenters. The molecule has 0 fully saturated rings. The molecule has 0 spiro atoms. The summed E-state index contributed by atoms with van der Waals surface area (Å²) in [6.07, 6.45) is 1.04. The second-order valence-electron chi connectivity index (χ2n) is 8.65. The number of nitrogens with zero attached hydrogens (tertiary/aromatic N) is 2. The van der Waals surface area contributed by atoms with E-state index in [2.05, 4.69) is 5.32 Å². The SMILES string of the molecule is Cc1cccc(N(CC(=O)N(Cc2c(Cl)cccc2Cl)C(C)C(=O)NCC(C)C)S(C)(=O)=O)c1. The quantitative estimate of drug-likeness (QED) is 0.500. The third kappa shape index (κ3) is 7.61. The number of anilines is 1. The topological polar surface area (TPSA) is 86.8 Å². The molecule has 0 radical (unpaired) electrons. The van der Waals surface area contributed by atoms with Crippen LogP contribution < -0.4 is 9.62 Å². The fourth-order valence-corrected chi connectivity index (χ4v) is 4.64. The van der Waals surface area contributed by atoms with E-state index in [-0.39, 0.29) is 18.4 Å². The lowest BCUT2D eigenvalue weighted by Gasteiger charge is -2.32. The summed E-state index contributed by atoms with van der Waals surface area (Å²) < 4.78 is 26.2. The first-order chi connectivity index (χ1) is 15.8. The summed E-state index contributed by atoms with van der Waals surface area (Å²) in [5.74, 6) is -0.692. The standard InChI is InChI=1S/C24H31Cl2N3O4S/c1-16(2)13-27-24(31)18(4)28(14-20-21(25)10-7-11-22(20)26)23(30)15-29(34(5,32)33)19-9-6-8-17(3)12-19/h6-12,16,18H,13-15H2,1-5H3,(H,27,31). The van der Waals surface area contributed by atoms with Crippen LogP contribution in [0.25, 0.3) is 0 Å². The minimum Gasteiger partial charge on any atom is -0.354 e. The smallest absolute Gasteiger partial charge is 0.244 e. The lowest BCUT2D eigenvalue weighted by molar-refractivity contribution is -0.139. The average Bonchev–Trinajstić information content (AvgIpc) is 2.74. The number of benzene rings is 2. The van der Waals surface area contributed by atoms with Gasteiger partial charge in [-0.15, -0.1) is 0 Å². The molecule has 2 rings (SSSR count). The number of rotatable bonds is 10. The normalized spacial score (nSPS) is 12.4. The van der Waals surface area contributed by atoms with Crippen molar-refractivity contribution in [2.45, 2.75) is 40.3 Å². The second-order valence-corrected chi connectivity index (χ2v) is 11.4. The number of hydrogen-bond acceptors (Lipinski definition) is 4. The number of aryl methyl sites for hydroxylation is 1. The molecule has 186 valence electrons. The first-order valence-electron chi connectivity index (χ1n) is 10.9. The average molecular weight is 529 g/mol. The largest absolute Gasteiger partial charge is 0.354 e. The van der Waals surface area contributed by atoms with E-state index in [4.69, 9.17) is 23.2 Å². The maximum Gasteiger partial charge on any atom is 0.244 e. The zero-order chi connectivity index (χ0) is 25.6. The predicted molar refractivity (Wildman–Crippen MR) is 138 cm³/mol. The highest BCUT2D eigenvalue weighted by atomic mass is 35.5. The van der Waals surface area contributed by atoms with E-state index < -0.39 is 28.5 Å². The number of halogens is 2. The van der Waals surface area contributed by atoms with Gasteiger partial charge in [-0.25, -0.2) is 8.42 Å². The third-order valence-corrected chi connectivity index (χ3v) is 7.06. The van der Waals surface area contributed by atoms with Crippen LogP contribution in [0.5, 0.6) is 0 Å². The third-order valence-electron chi connectivity index (χ3n) is 5.21. The van der Waals surface area contributed by atoms with Gasteiger partial charge in [-0.3, -0.25) is 13.9 Å². The van der Waals surface area contributed by atoms with Crippen molar-refractivity contribution in [3.8, 4) is 0 Å². The summed E-state index contributed by atoms with van der Waals surface area (Å²) in [4.78, 5) is 27.7. The Morgan fingerprint density at radius 2 is 1.62 bits per heavy atom. The Hall–Kier alpha value is -2.29. The van der Waals surface area contributed by atoms with Crippen molar-refractivity contribution in [1.29, 1.82) is 0 Å². The van der Waals surface area contributed by atoms with Crippen molar-refractivity contribution < 1.29 is 18.0 Å². The minimum atomic E-state index is -3.79. The van der Waals surface area contributed by atoms with Gasteiger partial charge < -0.3 is 10.2 Å². The monoisotopic (exact) mass is 527 g/mol. The van der Waals surface area contributed by atoms with Gasteiger partial charge in [0.05, 0.1) is 11.9 Å². The van der Waals surface area contributed by atoms with Gasteiger partial charge in [-0.2, -0.15) is 0 Å². The highest BCUT2D eigenvalue weighted by molar-refractivity contribution is 7.92. The van der Waals surface area contributed by atoms with Crippen LogP contribution in [0.4, 0.5) is 5.69 Å². The van der Waals surface area contributed by atoms with E-state index in [9.17, 15) is 18.0 Å². The molecule has 7 nitrogen and oxygen atoms in total. The molecule has 0 aliphatic rings. The van der Waals surface area contributed by atoms with E-state index in [1.807, 2.05) is 26.8 Å². The molecule has 1 N–H and O–H groups in total. The van der Waals surface area contributed by atoms with Crippen LogP contribution in [0.3, 0.4) is 0 Å². The number of sulfonamides is 1. The predicted octanol–water partition coefficient (Wildman–Crippen LogP) is 4.26. The Morgan fingerprint density at radius 1 is 1.03 bits per heavy atom. The summed E-state index contributed by atoms with van der Waals surface area (Å²) in [5.41, 5.74) is 1.69. The van der Waals surface area contributed by atoms with Gasteiger partial charge in [0, 0.05) is 28.7 Å². The van der Waals surface area contributed by atoms with E-state index in [0.29, 0.717) is 27.8 Å². The van der Waals surface area contributed by atoms with Crippen LogP contribution in [-0.4, -0.2) is 50.5 Å². The van der Waals surface area contributed by atoms with Gasteiger partial charge in [0.15, 0.2) is 0 Å². The molecule has 2 aromatic carbocycles. The molecule has 0 saturated heterocycles. The maximum atomic E-state index is 13.5. The van der Waals surface area contributed by atoms with E-state index >= 15 is 0 Å². The first-order valence-corrected chi connectivity index (χ1v) is 13.5. The summed E-state index contributed by atoms with van der Waals surface area (Å²) in [5, 5.41) is 3.52. The molecule has 0 aliphatic carbocycles. The lowest BCUT2D eigenvalue weighted by Crippen LogP contribution is -2.51. The maximum absolute atomic E-state index is 13.5. The Labute approximate surface area is 212 Å². The van der Waals surface area contributed by atoms with E-state index in [1.165, 1.54) is 4.90 Å². The molecule has 0 saturated carbocycles. The minimum absolute atomic E-state index is 0.0565. The number of nitrogens with one attached hydrogen (secondary N) is 1. The highest BCUT2D eigenvalue weighted by Gasteiger charge is 2.31. The van der Waals surface area contributed by atoms with Crippen LogP contribution in [0.15, 0.2) is 42.5 Å². The molecule has 10 heteroatoms. The summed E-state index contributed by atoms with van der Waals surface area (Å²) in [6.45, 7) is 7.25. The van der Waals surface area contributed by atoms with Gasteiger partial charge in [-0.05, 0) is 49.6 Å². The molecule has 1 unspecified atom stereocenters. The summed E-state index contributed by atoms with van der Waals surface area (Å²) in [6, 6.07) is 10.9. The molecule has 0 heterocycles. The number of carbonyl (C=O) groups excluding carboxylic acids is 2. The molecule has 2 amide bonds. The zero-order valence-electron chi connectivity index (χ0n) is 20.0. The van der Waals surface area contributed by atoms with Crippen molar-refractivity contribution in [1.82, 2.24) is 10.2 Å². The number of hydrogen-bond donors (Lipinski definition) is 1. The van der Waals surface area contributed by atoms with Gasteiger partial charge in [0.2, 0.25) is 21.8 Å². The van der Waals surface area contributed by atoms with Crippen LogP contribution in [0.1, 0.15) is 31.9 Å². The molecule has 0 aromatic heterocycles. The fourth-order valence-electron chi connectivity index (χ4n) is 3.29. The molecular weight excluding hydrogens is 497 g/mol. The van der Waals surface area contributed by atoms with E-state index in [0.717, 1.165) is 16.1 Å². The molecule has 0 bridgehead atoms. The Morgan fingerprint density at radius 3 is 2.15 bits per heavy atom. The summed E-state index contributed by atoms with van der Waals surface area (Å²) >= 11 is 12.7. The lowest BCUT2D eigenvalue weighted by atomic mass is 10.1. The summed E-state index contributed by atoms with van der Waals surface area (Å²) in [7, 11) is -3.79. The Balaban J connectivity index is 2.43. The number of amides is 2. The molecule has 34 heavy (non-hydrogen) atoms. The Kier molecular flexibility index (Phi) is 9.79. The highest BCUT2D eigenvalue weighted by Crippen LogP contribution is 2.27.